The summed E-state index contributed by atoms with van der Waals surface area (Å²) in [6, 6.07) is 0.800. The Labute approximate surface area is 118 Å². The third-order valence-electron chi connectivity index (χ3n) is 5.01. The van der Waals surface area contributed by atoms with Crippen molar-refractivity contribution in [3.05, 3.63) is 0 Å². The minimum Gasteiger partial charge on any atom is -0.329 e. The summed E-state index contributed by atoms with van der Waals surface area (Å²) in [4.78, 5) is 7.61. The Morgan fingerprint density at radius 3 is 2.26 bits per heavy atom. The molecule has 2 heterocycles. The minimum atomic E-state index is 0.800. The van der Waals surface area contributed by atoms with Crippen LogP contribution in [0.15, 0.2) is 0 Å². The first-order valence-corrected chi connectivity index (χ1v) is 8.00. The van der Waals surface area contributed by atoms with Crippen molar-refractivity contribution in [2.45, 2.75) is 31.7 Å². The van der Waals surface area contributed by atoms with Crippen molar-refractivity contribution in [3.63, 3.8) is 0 Å². The highest BCUT2D eigenvalue weighted by Crippen LogP contribution is 2.21. The molecule has 0 unspecified atom stereocenters. The fraction of sp³-hybridized carbons (Fsp3) is 1.00. The summed E-state index contributed by atoms with van der Waals surface area (Å²) < 4.78 is 0. The molecule has 0 bridgehead atoms. The van der Waals surface area contributed by atoms with Crippen molar-refractivity contribution < 1.29 is 0 Å². The molecule has 0 aromatic heterocycles. The van der Waals surface area contributed by atoms with Crippen molar-refractivity contribution in [2.75, 3.05) is 59.9 Å². The lowest BCUT2D eigenvalue weighted by Crippen LogP contribution is -2.46. The Bertz CT molecular complexity index is 243. The van der Waals surface area contributed by atoms with Gasteiger partial charge in [0.15, 0.2) is 0 Å². The highest BCUT2D eigenvalue weighted by Gasteiger charge is 2.25. The molecule has 19 heavy (non-hydrogen) atoms. The van der Waals surface area contributed by atoms with Crippen LogP contribution in [-0.2, 0) is 0 Å². The molecule has 2 N–H and O–H groups in total. The van der Waals surface area contributed by atoms with Gasteiger partial charge in [-0.25, -0.2) is 0 Å². The van der Waals surface area contributed by atoms with E-state index in [1.165, 1.54) is 58.4 Å². The second-order valence-electron chi connectivity index (χ2n) is 6.55. The topological polar surface area (TPSA) is 35.7 Å². The molecule has 4 heteroatoms. The Morgan fingerprint density at radius 2 is 1.68 bits per heavy atom. The summed E-state index contributed by atoms with van der Waals surface area (Å²) in [5.41, 5.74) is 5.63. The second-order valence-corrected chi connectivity index (χ2v) is 6.55. The lowest BCUT2D eigenvalue weighted by atomic mass is 9.95. The van der Waals surface area contributed by atoms with E-state index in [1.807, 2.05) is 0 Å². The van der Waals surface area contributed by atoms with Gasteiger partial charge in [-0.05, 0) is 71.9 Å². The lowest BCUT2D eigenvalue weighted by molar-refractivity contribution is 0.101. The van der Waals surface area contributed by atoms with Crippen LogP contribution in [0.5, 0.6) is 0 Å². The molecule has 0 saturated carbocycles. The number of rotatable bonds is 5. The van der Waals surface area contributed by atoms with Gasteiger partial charge < -0.3 is 20.4 Å². The van der Waals surface area contributed by atoms with Gasteiger partial charge in [0.25, 0.3) is 0 Å². The number of nitrogens with two attached hydrogens (primary N) is 1. The highest BCUT2D eigenvalue weighted by molar-refractivity contribution is 4.81. The second kappa shape index (κ2) is 7.58. The standard InChI is InChI=1S/C15H32N4/c1-17-8-3-14(4-9-17)13-18(2)15-5-10-19(11-6-15)12-7-16/h14-15H,3-13,16H2,1-2H3. The molecule has 2 aliphatic heterocycles. The number of piperidine rings is 2. The summed E-state index contributed by atoms with van der Waals surface area (Å²) in [5, 5.41) is 0. The molecule has 2 fully saturated rings. The van der Waals surface area contributed by atoms with Gasteiger partial charge in [-0.2, -0.15) is 0 Å². The molecule has 0 aromatic rings. The minimum absolute atomic E-state index is 0.800. The van der Waals surface area contributed by atoms with Crippen LogP contribution >= 0.6 is 0 Å². The predicted molar refractivity (Wildman–Crippen MR) is 81.4 cm³/mol. The first-order chi connectivity index (χ1) is 9.19. The molecule has 0 amide bonds. The average molecular weight is 268 g/mol. The van der Waals surface area contributed by atoms with Crippen LogP contribution in [-0.4, -0.2) is 80.7 Å². The van der Waals surface area contributed by atoms with E-state index in [1.54, 1.807) is 0 Å². The van der Waals surface area contributed by atoms with Crippen molar-refractivity contribution in [2.24, 2.45) is 11.7 Å². The van der Waals surface area contributed by atoms with Crippen LogP contribution in [0.25, 0.3) is 0 Å². The first-order valence-electron chi connectivity index (χ1n) is 8.00. The Hall–Kier alpha value is -0.160. The Morgan fingerprint density at radius 1 is 1.05 bits per heavy atom. The van der Waals surface area contributed by atoms with Gasteiger partial charge in [-0.3, -0.25) is 0 Å². The SMILES string of the molecule is CN1CCC(CN(C)C2CCN(CCN)CC2)CC1. The lowest BCUT2D eigenvalue weighted by Gasteiger charge is -2.39. The Balaban J connectivity index is 1.68. The van der Waals surface area contributed by atoms with Gasteiger partial charge in [0.2, 0.25) is 0 Å². The Kier molecular flexibility index (Phi) is 6.07. The summed E-state index contributed by atoms with van der Waals surface area (Å²) in [6.07, 6.45) is 5.41. The fourth-order valence-corrected chi connectivity index (χ4v) is 3.57. The normalized spacial score (nSPS) is 25.3. The quantitative estimate of drug-likeness (QED) is 0.795. The van der Waals surface area contributed by atoms with E-state index < -0.39 is 0 Å². The van der Waals surface area contributed by atoms with Gasteiger partial charge in [-0.1, -0.05) is 0 Å². The summed E-state index contributed by atoms with van der Waals surface area (Å²) in [6.45, 7) is 8.22. The summed E-state index contributed by atoms with van der Waals surface area (Å²) in [7, 11) is 4.58. The maximum atomic E-state index is 5.63. The van der Waals surface area contributed by atoms with Crippen LogP contribution in [0.3, 0.4) is 0 Å². The largest absolute Gasteiger partial charge is 0.329 e. The molecular weight excluding hydrogens is 236 g/mol. The van der Waals surface area contributed by atoms with Crippen LogP contribution < -0.4 is 5.73 Å². The number of nitrogens with zero attached hydrogens (tertiary/aromatic N) is 3. The van der Waals surface area contributed by atoms with Crippen LogP contribution in [0.2, 0.25) is 0 Å². The predicted octanol–water partition coefficient (Wildman–Crippen LogP) is 0.683. The summed E-state index contributed by atoms with van der Waals surface area (Å²) >= 11 is 0. The van der Waals surface area contributed by atoms with E-state index in [4.69, 9.17) is 5.73 Å². The van der Waals surface area contributed by atoms with E-state index in [-0.39, 0.29) is 0 Å². The average Bonchev–Trinajstić information content (AvgIpc) is 2.42. The maximum Gasteiger partial charge on any atom is 0.0117 e. The molecule has 0 aliphatic carbocycles. The van der Waals surface area contributed by atoms with Crippen molar-refractivity contribution >= 4 is 0 Å². The zero-order chi connectivity index (χ0) is 13.7. The zero-order valence-electron chi connectivity index (χ0n) is 12.9. The number of likely N-dealkylation sites (tertiary alicyclic amines) is 2. The van der Waals surface area contributed by atoms with Crippen LogP contribution in [0.1, 0.15) is 25.7 Å². The smallest absolute Gasteiger partial charge is 0.0117 e. The molecule has 2 rings (SSSR count). The number of hydrogen-bond acceptors (Lipinski definition) is 4. The fourth-order valence-electron chi connectivity index (χ4n) is 3.57. The van der Waals surface area contributed by atoms with Crippen LogP contribution in [0, 0.1) is 5.92 Å². The monoisotopic (exact) mass is 268 g/mol. The van der Waals surface area contributed by atoms with Crippen LogP contribution in [0.4, 0.5) is 0 Å². The molecular formula is C15H32N4. The molecule has 0 atom stereocenters. The summed E-state index contributed by atoms with van der Waals surface area (Å²) in [5.74, 6) is 0.920. The zero-order valence-corrected chi connectivity index (χ0v) is 12.9. The van der Waals surface area contributed by atoms with E-state index in [0.717, 1.165) is 25.0 Å². The van der Waals surface area contributed by atoms with E-state index in [0.29, 0.717) is 0 Å². The first kappa shape index (κ1) is 15.2. The van der Waals surface area contributed by atoms with Gasteiger partial charge >= 0.3 is 0 Å². The number of hydrogen-bond donors (Lipinski definition) is 1. The molecule has 2 aliphatic rings. The van der Waals surface area contributed by atoms with Gasteiger partial charge in [0.05, 0.1) is 0 Å². The molecule has 0 aromatic carbocycles. The molecule has 112 valence electrons. The van der Waals surface area contributed by atoms with E-state index in [2.05, 4.69) is 28.8 Å². The van der Waals surface area contributed by atoms with Gasteiger partial charge in [0.1, 0.15) is 0 Å². The third-order valence-corrected chi connectivity index (χ3v) is 5.01. The van der Waals surface area contributed by atoms with Gasteiger partial charge in [-0.15, -0.1) is 0 Å². The molecule has 2 saturated heterocycles. The third kappa shape index (κ3) is 4.71. The maximum absolute atomic E-state index is 5.63. The van der Waals surface area contributed by atoms with Gasteiger partial charge in [0, 0.05) is 25.7 Å². The van der Waals surface area contributed by atoms with E-state index in [9.17, 15) is 0 Å². The molecule has 0 radical (unpaired) electrons. The molecule has 0 spiro atoms. The van der Waals surface area contributed by atoms with Crippen molar-refractivity contribution in [1.82, 2.24) is 14.7 Å². The van der Waals surface area contributed by atoms with Crippen molar-refractivity contribution in [3.8, 4) is 0 Å². The molecule has 4 nitrogen and oxygen atoms in total. The van der Waals surface area contributed by atoms with Crippen molar-refractivity contribution in [1.29, 1.82) is 0 Å². The highest BCUT2D eigenvalue weighted by atomic mass is 15.2. The van der Waals surface area contributed by atoms with E-state index >= 15 is 0 Å².